The maximum absolute atomic E-state index is 13.2. The van der Waals surface area contributed by atoms with Crippen LogP contribution in [0.2, 0.25) is 0 Å². The largest absolute Gasteiger partial charge is 0.367 e. The first kappa shape index (κ1) is 25.6. The summed E-state index contributed by atoms with van der Waals surface area (Å²) in [5.41, 5.74) is 4.76. The number of hydrogen-bond donors (Lipinski definition) is 4. The second kappa shape index (κ2) is 10.9. The summed E-state index contributed by atoms with van der Waals surface area (Å²) < 4.78 is 1.96. The predicted octanol–water partition coefficient (Wildman–Crippen LogP) is 4.05. The highest BCUT2D eigenvalue weighted by Gasteiger charge is 2.20. The molecule has 0 atom stereocenters. The summed E-state index contributed by atoms with van der Waals surface area (Å²) in [5, 5.41) is 16.4. The molecule has 0 spiro atoms. The zero-order chi connectivity index (χ0) is 27.8. The van der Waals surface area contributed by atoms with Gasteiger partial charge in [0.15, 0.2) is 0 Å². The quantitative estimate of drug-likeness (QED) is 0.249. The maximum Gasteiger partial charge on any atom is 0.257 e. The number of nitrogens with one attached hydrogen (secondary N) is 4. The minimum absolute atomic E-state index is 0.215. The lowest BCUT2D eigenvalue weighted by molar-refractivity contribution is 0.102. The van der Waals surface area contributed by atoms with Gasteiger partial charge in [-0.3, -0.25) is 9.48 Å². The van der Waals surface area contributed by atoms with E-state index in [1.807, 2.05) is 29.2 Å². The molecule has 210 valence electrons. The van der Waals surface area contributed by atoms with E-state index in [2.05, 4.69) is 65.1 Å². The van der Waals surface area contributed by atoms with E-state index in [-0.39, 0.29) is 5.91 Å². The number of benzene rings is 1. The first-order valence-corrected chi connectivity index (χ1v) is 14.3. The average molecular weight is 551 g/mol. The minimum atomic E-state index is -0.215. The smallest absolute Gasteiger partial charge is 0.257 e. The number of pyridine rings is 1. The van der Waals surface area contributed by atoms with Crippen LogP contribution in [-0.4, -0.2) is 79.8 Å². The molecule has 2 aliphatic rings. The molecule has 6 heterocycles. The van der Waals surface area contributed by atoms with Crippen molar-refractivity contribution in [3.63, 3.8) is 0 Å². The lowest BCUT2D eigenvalue weighted by Gasteiger charge is -2.30. The molecule has 2 fully saturated rings. The van der Waals surface area contributed by atoms with Crippen molar-refractivity contribution in [1.29, 1.82) is 0 Å². The fourth-order valence-corrected chi connectivity index (χ4v) is 5.93. The molecule has 4 N–H and O–H groups in total. The predicted molar refractivity (Wildman–Crippen MR) is 160 cm³/mol. The van der Waals surface area contributed by atoms with Crippen LogP contribution in [0.15, 0.2) is 55.4 Å². The zero-order valence-corrected chi connectivity index (χ0v) is 23.1. The average Bonchev–Trinajstić information content (AvgIpc) is 3.66. The van der Waals surface area contributed by atoms with Crippen LogP contribution in [0.3, 0.4) is 0 Å². The summed E-state index contributed by atoms with van der Waals surface area (Å²) in [7, 11) is 2.16. The van der Waals surface area contributed by atoms with Gasteiger partial charge in [-0.2, -0.15) is 5.10 Å². The van der Waals surface area contributed by atoms with Crippen LogP contribution in [0, 0.1) is 0 Å². The molecule has 1 aromatic carbocycles. The van der Waals surface area contributed by atoms with Crippen molar-refractivity contribution >= 4 is 39.3 Å². The van der Waals surface area contributed by atoms with Crippen molar-refractivity contribution in [3.8, 4) is 11.1 Å². The van der Waals surface area contributed by atoms with E-state index in [9.17, 15) is 4.79 Å². The summed E-state index contributed by atoms with van der Waals surface area (Å²) in [4.78, 5) is 32.5. The number of H-pyrrole nitrogens is 1. The summed E-state index contributed by atoms with van der Waals surface area (Å²) >= 11 is 0. The molecule has 5 aromatic rings. The van der Waals surface area contributed by atoms with E-state index >= 15 is 0 Å². The monoisotopic (exact) mass is 550 g/mol. The van der Waals surface area contributed by atoms with Gasteiger partial charge in [0.1, 0.15) is 17.8 Å². The molecule has 2 aliphatic heterocycles. The number of aromatic amines is 1. The first-order valence-electron chi connectivity index (χ1n) is 14.3. The normalized spacial score (nSPS) is 17.3. The lowest BCUT2D eigenvalue weighted by atomic mass is 10.0. The molecule has 0 saturated carbocycles. The van der Waals surface area contributed by atoms with Crippen molar-refractivity contribution in [2.75, 3.05) is 43.9 Å². The second-order valence-electron chi connectivity index (χ2n) is 11.1. The number of anilines is 2. The van der Waals surface area contributed by atoms with Crippen LogP contribution < -0.4 is 16.0 Å². The Bertz CT molecular complexity index is 1690. The maximum atomic E-state index is 13.2. The number of carbonyl (C=O) groups excluding carboxylic acids is 1. The van der Waals surface area contributed by atoms with E-state index in [0.29, 0.717) is 23.3 Å². The van der Waals surface area contributed by atoms with Gasteiger partial charge in [0.05, 0.1) is 29.0 Å². The van der Waals surface area contributed by atoms with Crippen molar-refractivity contribution < 1.29 is 4.79 Å². The number of amides is 1. The lowest BCUT2D eigenvalue weighted by Crippen LogP contribution is -2.36. The van der Waals surface area contributed by atoms with Gasteiger partial charge in [0, 0.05) is 41.0 Å². The first-order chi connectivity index (χ1) is 20.1. The topological polar surface area (TPSA) is 129 Å². The van der Waals surface area contributed by atoms with Crippen LogP contribution in [0.4, 0.5) is 11.5 Å². The van der Waals surface area contributed by atoms with E-state index in [1.54, 1.807) is 18.7 Å². The Morgan fingerprint density at radius 3 is 2.71 bits per heavy atom. The van der Waals surface area contributed by atoms with Crippen molar-refractivity contribution in [2.45, 2.75) is 37.8 Å². The number of hydrogen-bond acceptors (Lipinski definition) is 8. The fraction of sp³-hybridized carbons (Fsp3) is 0.367. The van der Waals surface area contributed by atoms with Crippen LogP contribution in [-0.2, 0) is 0 Å². The molecule has 4 aromatic heterocycles. The van der Waals surface area contributed by atoms with Crippen molar-refractivity contribution in [3.05, 3.63) is 60.9 Å². The van der Waals surface area contributed by atoms with E-state index < -0.39 is 0 Å². The molecule has 2 saturated heterocycles. The van der Waals surface area contributed by atoms with Crippen LogP contribution in [0.25, 0.3) is 33.1 Å². The molecule has 7 rings (SSSR count). The molecule has 11 heteroatoms. The highest BCUT2D eigenvalue weighted by molar-refractivity contribution is 6.07. The van der Waals surface area contributed by atoms with Gasteiger partial charge in [-0.15, -0.1) is 0 Å². The SMILES string of the molecule is CN1CCC(Nc2ncnc3ccc(-c4c[nH]c5ncc(C(=O)Nc6cnn(C7CCNCC7)c6)cc45)cc23)CC1. The van der Waals surface area contributed by atoms with Gasteiger partial charge in [-0.25, -0.2) is 15.0 Å². The Kier molecular flexibility index (Phi) is 6.81. The Hall–Kier alpha value is -4.35. The third kappa shape index (κ3) is 5.25. The summed E-state index contributed by atoms with van der Waals surface area (Å²) in [6.45, 7) is 4.12. The van der Waals surface area contributed by atoms with Gasteiger partial charge in [0.25, 0.3) is 5.91 Å². The summed E-state index contributed by atoms with van der Waals surface area (Å²) in [6, 6.07) is 8.84. The molecule has 1 amide bonds. The number of likely N-dealkylation sites (tertiary alicyclic amines) is 1. The number of carbonyl (C=O) groups is 1. The Morgan fingerprint density at radius 1 is 1.00 bits per heavy atom. The Morgan fingerprint density at radius 2 is 1.85 bits per heavy atom. The van der Waals surface area contributed by atoms with Gasteiger partial charge in [-0.1, -0.05) is 6.07 Å². The standard InChI is InChI=1S/C30H34N10O/c1-39-10-6-21(7-11-39)37-29-25-12-19(2-3-27(25)34-18-35-29)26-16-33-28-24(26)13-20(14-32-28)30(41)38-22-15-36-40(17-22)23-4-8-31-9-5-23/h2-3,12-18,21,23,31H,4-11H2,1H3,(H,32,33)(H,38,41)(H,34,35,37). The molecular weight excluding hydrogens is 516 g/mol. The molecule has 0 aliphatic carbocycles. The molecular formula is C30H34N10O. The number of aromatic nitrogens is 6. The molecule has 0 radical (unpaired) electrons. The molecule has 41 heavy (non-hydrogen) atoms. The Balaban J connectivity index is 1.14. The summed E-state index contributed by atoms with van der Waals surface area (Å²) in [6.07, 6.45) is 13.0. The van der Waals surface area contributed by atoms with Crippen molar-refractivity contribution in [1.82, 2.24) is 39.9 Å². The highest BCUT2D eigenvalue weighted by Crippen LogP contribution is 2.32. The van der Waals surface area contributed by atoms with Gasteiger partial charge >= 0.3 is 0 Å². The minimum Gasteiger partial charge on any atom is -0.367 e. The van der Waals surface area contributed by atoms with E-state index in [4.69, 9.17) is 0 Å². The van der Waals surface area contributed by atoms with Crippen molar-refractivity contribution in [2.24, 2.45) is 0 Å². The summed E-state index contributed by atoms with van der Waals surface area (Å²) in [5.74, 6) is 0.641. The number of fused-ring (bicyclic) bond motifs is 2. The Labute approximate surface area is 237 Å². The van der Waals surface area contributed by atoms with E-state index in [0.717, 1.165) is 90.7 Å². The van der Waals surface area contributed by atoms with Gasteiger partial charge in [-0.05, 0) is 82.7 Å². The number of piperidine rings is 2. The third-order valence-electron chi connectivity index (χ3n) is 8.34. The zero-order valence-electron chi connectivity index (χ0n) is 23.1. The van der Waals surface area contributed by atoms with Crippen LogP contribution in [0.1, 0.15) is 42.1 Å². The molecule has 11 nitrogen and oxygen atoms in total. The van der Waals surface area contributed by atoms with Crippen LogP contribution in [0.5, 0.6) is 0 Å². The highest BCUT2D eigenvalue weighted by atomic mass is 16.1. The number of rotatable bonds is 6. The van der Waals surface area contributed by atoms with Crippen LogP contribution >= 0.6 is 0 Å². The van der Waals surface area contributed by atoms with E-state index in [1.165, 1.54) is 0 Å². The molecule has 0 unspecified atom stereocenters. The fourth-order valence-electron chi connectivity index (χ4n) is 5.93. The van der Waals surface area contributed by atoms with Gasteiger partial charge < -0.3 is 25.8 Å². The second-order valence-corrected chi connectivity index (χ2v) is 11.1. The van der Waals surface area contributed by atoms with Gasteiger partial charge in [0.2, 0.25) is 0 Å². The number of nitrogens with zero attached hydrogens (tertiary/aromatic N) is 6. The third-order valence-corrected chi connectivity index (χ3v) is 8.34. The molecule has 0 bridgehead atoms.